The van der Waals surface area contributed by atoms with Gasteiger partial charge in [0.15, 0.2) is 0 Å². The van der Waals surface area contributed by atoms with Gasteiger partial charge in [-0.2, -0.15) is 5.10 Å². The maximum Gasteiger partial charge on any atom is 0.122 e. The fraction of sp³-hybridized carbons (Fsp3) is 0.500. The monoisotopic (exact) mass is 262 g/mol. The van der Waals surface area contributed by atoms with Gasteiger partial charge < -0.3 is 4.42 Å². The van der Waals surface area contributed by atoms with Gasteiger partial charge in [0.1, 0.15) is 5.76 Å². The number of furan rings is 1. The van der Waals surface area contributed by atoms with Gasteiger partial charge in [-0.1, -0.05) is 13.8 Å². The van der Waals surface area contributed by atoms with Crippen molar-refractivity contribution in [1.82, 2.24) is 15.2 Å². The van der Waals surface area contributed by atoms with Crippen molar-refractivity contribution in [2.75, 3.05) is 0 Å². The van der Waals surface area contributed by atoms with Crippen molar-refractivity contribution in [3.8, 4) is 0 Å². The van der Waals surface area contributed by atoms with Gasteiger partial charge in [0, 0.05) is 12.6 Å². The second-order valence-electron chi connectivity index (χ2n) is 4.70. The summed E-state index contributed by atoms with van der Waals surface area (Å²) in [6.45, 7) is 4.37. The summed E-state index contributed by atoms with van der Waals surface area (Å²) < 4.78 is 7.42. The molecule has 0 saturated carbocycles. The molecular formula is C14H22N4O. The predicted molar refractivity (Wildman–Crippen MR) is 74.3 cm³/mol. The maximum absolute atomic E-state index is 5.59. The second-order valence-corrected chi connectivity index (χ2v) is 4.70. The molecule has 0 fully saturated rings. The van der Waals surface area contributed by atoms with Crippen LogP contribution in [0.25, 0.3) is 0 Å². The molecule has 2 aromatic heterocycles. The predicted octanol–water partition coefficient (Wildman–Crippen LogP) is 2.58. The average Bonchev–Trinajstić information content (AvgIpc) is 3.09. The highest BCUT2D eigenvalue weighted by Gasteiger charge is 2.16. The average molecular weight is 262 g/mol. The molecule has 0 spiro atoms. The molecule has 2 rings (SSSR count). The van der Waals surface area contributed by atoms with Gasteiger partial charge in [-0.3, -0.25) is 10.5 Å². The zero-order valence-electron chi connectivity index (χ0n) is 11.5. The van der Waals surface area contributed by atoms with Crippen LogP contribution in [0.2, 0.25) is 0 Å². The van der Waals surface area contributed by atoms with Crippen LogP contribution in [0.1, 0.15) is 50.2 Å². The van der Waals surface area contributed by atoms with Gasteiger partial charge in [-0.05, 0) is 31.0 Å². The van der Waals surface area contributed by atoms with E-state index in [4.69, 9.17) is 10.3 Å². The first kappa shape index (κ1) is 13.8. The third-order valence-electron chi connectivity index (χ3n) is 3.48. The van der Waals surface area contributed by atoms with Gasteiger partial charge >= 0.3 is 0 Å². The van der Waals surface area contributed by atoms with E-state index in [-0.39, 0.29) is 6.04 Å². The SMILES string of the molecule is CCC(CC)n1ccc(CC(NN)c2ccco2)n1. The van der Waals surface area contributed by atoms with Crippen LogP contribution < -0.4 is 11.3 Å². The van der Waals surface area contributed by atoms with Crippen LogP contribution >= 0.6 is 0 Å². The molecule has 0 radical (unpaired) electrons. The Balaban J connectivity index is 2.06. The molecule has 0 bridgehead atoms. The van der Waals surface area contributed by atoms with E-state index in [9.17, 15) is 0 Å². The standard InChI is InChI=1S/C14H22N4O/c1-3-12(4-2)18-8-7-11(17-18)10-13(16-15)14-6-5-9-19-14/h5-9,12-13,16H,3-4,10,15H2,1-2H3. The number of nitrogens with one attached hydrogen (secondary N) is 1. The molecule has 2 heterocycles. The van der Waals surface area contributed by atoms with Crippen LogP contribution in [0, 0.1) is 0 Å². The molecule has 104 valence electrons. The Kier molecular flexibility index (Phi) is 4.76. The van der Waals surface area contributed by atoms with Crippen molar-refractivity contribution >= 4 is 0 Å². The topological polar surface area (TPSA) is 69.0 Å². The zero-order chi connectivity index (χ0) is 13.7. The minimum Gasteiger partial charge on any atom is -0.468 e. The maximum atomic E-state index is 5.59. The number of hydrazine groups is 1. The molecule has 0 aliphatic rings. The van der Waals surface area contributed by atoms with Crippen molar-refractivity contribution in [2.45, 2.75) is 45.2 Å². The van der Waals surface area contributed by atoms with Crippen molar-refractivity contribution < 1.29 is 4.42 Å². The molecule has 0 saturated heterocycles. The summed E-state index contributed by atoms with van der Waals surface area (Å²) in [6, 6.07) is 6.26. The third-order valence-corrected chi connectivity index (χ3v) is 3.48. The van der Waals surface area contributed by atoms with Crippen molar-refractivity contribution in [1.29, 1.82) is 0 Å². The third kappa shape index (κ3) is 3.24. The smallest absolute Gasteiger partial charge is 0.122 e. The van der Waals surface area contributed by atoms with Gasteiger partial charge in [-0.15, -0.1) is 0 Å². The van der Waals surface area contributed by atoms with Crippen molar-refractivity contribution in [2.24, 2.45) is 5.84 Å². The summed E-state index contributed by atoms with van der Waals surface area (Å²) in [5.41, 5.74) is 3.80. The summed E-state index contributed by atoms with van der Waals surface area (Å²) in [7, 11) is 0. The van der Waals surface area contributed by atoms with Crippen LogP contribution in [0.3, 0.4) is 0 Å². The molecular weight excluding hydrogens is 240 g/mol. The fourth-order valence-electron chi connectivity index (χ4n) is 2.29. The van der Waals surface area contributed by atoms with Crippen LogP contribution in [-0.2, 0) is 6.42 Å². The Morgan fingerprint density at radius 1 is 1.37 bits per heavy atom. The molecule has 0 aliphatic heterocycles. The first-order valence-corrected chi connectivity index (χ1v) is 6.82. The lowest BCUT2D eigenvalue weighted by Gasteiger charge is -2.13. The Morgan fingerprint density at radius 2 is 2.16 bits per heavy atom. The lowest BCUT2D eigenvalue weighted by atomic mass is 10.1. The van der Waals surface area contributed by atoms with Gasteiger partial charge in [-0.25, -0.2) is 5.43 Å². The van der Waals surface area contributed by atoms with Crippen LogP contribution in [0.5, 0.6) is 0 Å². The fourth-order valence-corrected chi connectivity index (χ4v) is 2.29. The Labute approximate surface area is 113 Å². The molecule has 3 N–H and O–H groups in total. The highest BCUT2D eigenvalue weighted by Crippen LogP contribution is 2.19. The number of nitrogens with two attached hydrogens (primary N) is 1. The lowest BCUT2D eigenvalue weighted by Crippen LogP contribution is -2.29. The van der Waals surface area contributed by atoms with E-state index in [1.165, 1.54) is 0 Å². The van der Waals surface area contributed by atoms with E-state index in [1.807, 2.05) is 29.1 Å². The van der Waals surface area contributed by atoms with Gasteiger partial charge in [0.05, 0.1) is 24.0 Å². The number of rotatable bonds is 7. The molecule has 0 aromatic carbocycles. The number of hydrogen-bond donors (Lipinski definition) is 2. The van der Waals surface area contributed by atoms with Crippen LogP contribution in [0.4, 0.5) is 0 Å². The molecule has 0 aliphatic carbocycles. The van der Waals surface area contributed by atoms with Gasteiger partial charge in [0.25, 0.3) is 0 Å². The van der Waals surface area contributed by atoms with E-state index < -0.39 is 0 Å². The quantitative estimate of drug-likeness (QED) is 0.594. The van der Waals surface area contributed by atoms with Crippen LogP contribution in [-0.4, -0.2) is 9.78 Å². The Bertz CT molecular complexity index is 473. The first-order chi connectivity index (χ1) is 9.28. The molecule has 5 nitrogen and oxygen atoms in total. The summed E-state index contributed by atoms with van der Waals surface area (Å²) in [6.07, 6.45) is 6.60. The summed E-state index contributed by atoms with van der Waals surface area (Å²) in [5.74, 6) is 6.42. The van der Waals surface area contributed by atoms with E-state index >= 15 is 0 Å². The number of aromatic nitrogens is 2. The van der Waals surface area contributed by atoms with Crippen molar-refractivity contribution in [3.63, 3.8) is 0 Å². The first-order valence-electron chi connectivity index (χ1n) is 6.82. The summed E-state index contributed by atoms with van der Waals surface area (Å²) >= 11 is 0. The minimum atomic E-state index is -0.0416. The van der Waals surface area contributed by atoms with Gasteiger partial charge in [0.2, 0.25) is 0 Å². The second kappa shape index (κ2) is 6.54. The molecule has 19 heavy (non-hydrogen) atoms. The molecule has 0 amide bonds. The molecule has 1 unspecified atom stereocenters. The molecule has 1 atom stereocenters. The Hall–Kier alpha value is -1.59. The zero-order valence-corrected chi connectivity index (χ0v) is 11.5. The van der Waals surface area contributed by atoms with E-state index in [1.54, 1.807) is 6.26 Å². The van der Waals surface area contributed by atoms with Crippen LogP contribution in [0.15, 0.2) is 35.1 Å². The molecule has 5 heteroatoms. The summed E-state index contributed by atoms with van der Waals surface area (Å²) in [5, 5.41) is 4.63. The number of nitrogens with zero attached hydrogens (tertiary/aromatic N) is 2. The van der Waals surface area contributed by atoms with Crippen molar-refractivity contribution in [3.05, 3.63) is 42.1 Å². The lowest BCUT2D eigenvalue weighted by molar-refractivity contribution is 0.402. The molecule has 2 aromatic rings. The highest BCUT2D eigenvalue weighted by atomic mass is 16.3. The summed E-state index contributed by atoms with van der Waals surface area (Å²) in [4.78, 5) is 0. The Morgan fingerprint density at radius 3 is 2.74 bits per heavy atom. The normalized spacial score (nSPS) is 13.1. The number of hydrogen-bond acceptors (Lipinski definition) is 4. The van der Waals surface area contributed by atoms with E-state index in [2.05, 4.69) is 24.4 Å². The highest BCUT2D eigenvalue weighted by molar-refractivity contribution is 5.10. The minimum absolute atomic E-state index is 0.0416. The largest absolute Gasteiger partial charge is 0.468 e. The van der Waals surface area contributed by atoms with E-state index in [0.717, 1.165) is 30.7 Å². The van der Waals surface area contributed by atoms with E-state index in [0.29, 0.717) is 6.04 Å².